The van der Waals surface area contributed by atoms with Crippen LogP contribution in [0.2, 0.25) is 0 Å². The van der Waals surface area contributed by atoms with Crippen LogP contribution in [-0.4, -0.2) is 95.2 Å². The molecule has 2 aromatic heterocycles. The lowest BCUT2D eigenvalue weighted by atomic mass is 10.2. The molecule has 0 spiro atoms. The fraction of sp³-hybridized carbons (Fsp3) is 0.647. The van der Waals surface area contributed by atoms with Gasteiger partial charge < -0.3 is 14.6 Å². The van der Waals surface area contributed by atoms with E-state index >= 15 is 0 Å². The van der Waals surface area contributed by atoms with Crippen molar-refractivity contribution in [1.29, 1.82) is 0 Å². The van der Waals surface area contributed by atoms with Gasteiger partial charge in [0.25, 0.3) is 0 Å². The Hall–Kier alpha value is -1.54. The van der Waals surface area contributed by atoms with Crippen LogP contribution in [0.1, 0.15) is 5.56 Å². The molecule has 0 bridgehead atoms. The first kappa shape index (κ1) is 16.0. The molecule has 4 rings (SSSR count). The first-order chi connectivity index (χ1) is 11.8. The number of rotatable bonds is 4. The highest BCUT2D eigenvalue weighted by atomic mass is 16.5. The second kappa shape index (κ2) is 7.14. The zero-order valence-electron chi connectivity index (χ0n) is 14.3. The van der Waals surface area contributed by atoms with Gasteiger partial charge in [0.1, 0.15) is 5.52 Å². The maximum absolute atomic E-state index is 6.01. The van der Waals surface area contributed by atoms with E-state index in [1.807, 2.05) is 6.20 Å². The number of H-pyrrole nitrogens is 1. The predicted octanol–water partition coefficient (Wildman–Crippen LogP) is 0.406. The molecule has 0 aromatic carbocycles. The van der Waals surface area contributed by atoms with E-state index in [0.717, 1.165) is 70.1 Å². The van der Waals surface area contributed by atoms with Crippen LogP contribution >= 0.6 is 0 Å². The van der Waals surface area contributed by atoms with Crippen LogP contribution in [0.4, 0.5) is 0 Å². The summed E-state index contributed by atoms with van der Waals surface area (Å²) >= 11 is 0. The van der Waals surface area contributed by atoms with Gasteiger partial charge in [-0.1, -0.05) is 0 Å². The molecule has 1 unspecified atom stereocenters. The quantitative estimate of drug-likeness (QED) is 0.876. The monoisotopic (exact) mass is 330 g/mol. The van der Waals surface area contributed by atoms with Gasteiger partial charge in [-0.15, -0.1) is 0 Å². The van der Waals surface area contributed by atoms with Crippen molar-refractivity contribution in [3.63, 3.8) is 0 Å². The summed E-state index contributed by atoms with van der Waals surface area (Å²) < 4.78 is 6.01. The smallest absolute Gasteiger partial charge is 0.156 e. The Morgan fingerprint density at radius 1 is 1.12 bits per heavy atom. The molecule has 2 saturated heterocycles. The van der Waals surface area contributed by atoms with Crippen LogP contribution in [0.25, 0.3) is 11.2 Å². The highest BCUT2D eigenvalue weighted by Crippen LogP contribution is 2.17. The van der Waals surface area contributed by atoms with Crippen LogP contribution in [0.5, 0.6) is 0 Å². The number of fused-ring (bicyclic) bond motifs is 1. The Bertz CT molecular complexity index is 666. The zero-order valence-corrected chi connectivity index (χ0v) is 14.3. The SMILES string of the molecule is CN1CCN(CC2CN(Cc3c[nH]c4nccnc34)CCO2)CC1. The molecule has 2 aliphatic heterocycles. The van der Waals surface area contributed by atoms with Crippen LogP contribution in [0.15, 0.2) is 18.6 Å². The Kier molecular flexibility index (Phi) is 4.75. The molecule has 4 heterocycles. The summed E-state index contributed by atoms with van der Waals surface area (Å²) in [4.78, 5) is 19.4. The van der Waals surface area contributed by atoms with Gasteiger partial charge >= 0.3 is 0 Å². The normalized spacial score (nSPS) is 24.6. The van der Waals surface area contributed by atoms with E-state index in [4.69, 9.17) is 4.74 Å². The lowest BCUT2D eigenvalue weighted by Crippen LogP contribution is -2.51. The molecule has 130 valence electrons. The Morgan fingerprint density at radius 2 is 1.96 bits per heavy atom. The number of piperazine rings is 1. The molecule has 24 heavy (non-hydrogen) atoms. The molecule has 0 radical (unpaired) electrons. The standard InChI is InChI=1S/C17H26N6O/c1-21-4-6-22(7-5-21)12-15-13-23(8-9-24-15)11-14-10-20-17-16(14)18-2-3-19-17/h2-3,10,15H,4-9,11-13H2,1H3,(H,19,20). The van der Waals surface area contributed by atoms with Crippen molar-refractivity contribution in [2.75, 3.05) is 59.5 Å². The fourth-order valence-electron chi connectivity index (χ4n) is 3.62. The zero-order chi connectivity index (χ0) is 16.4. The number of likely N-dealkylation sites (N-methyl/N-ethyl adjacent to an activating group) is 1. The van der Waals surface area contributed by atoms with Crippen molar-refractivity contribution >= 4 is 11.2 Å². The first-order valence-corrected chi connectivity index (χ1v) is 8.80. The number of morpholine rings is 1. The second-order valence-electron chi connectivity index (χ2n) is 6.90. The Labute approximate surface area is 142 Å². The molecular formula is C17H26N6O. The van der Waals surface area contributed by atoms with Crippen LogP contribution < -0.4 is 0 Å². The van der Waals surface area contributed by atoms with Crippen LogP contribution in [0, 0.1) is 0 Å². The maximum Gasteiger partial charge on any atom is 0.156 e. The van der Waals surface area contributed by atoms with E-state index in [-0.39, 0.29) is 0 Å². The molecule has 0 aliphatic carbocycles. The molecule has 2 fully saturated rings. The van der Waals surface area contributed by atoms with Crippen molar-refractivity contribution < 1.29 is 4.74 Å². The predicted molar refractivity (Wildman–Crippen MR) is 92.8 cm³/mol. The van der Waals surface area contributed by atoms with Gasteiger partial charge in [0.15, 0.2) is 5.65 Å². The first-order valence-electron chi connectivity index (χ1n) is 8.80. The third-order valence-corrected chi connectivity index (χ3v) is 5.06. The van der Waals surface area contributed by atoms with E-state index in [9.17, 15) is 0 Å². The van der Waals surface area contributed by atoms with Crippen molar-refractivity contribution in [3.05, 3.63) is 24.2 Å². The summed E-state index contributed by atoms with van der Waals surface area (Å²) in [5, 5.41) is 0. The van der Waals surface area contributed by atoms with Gasteiger partial charge in [-0.05, 0) is 7.05 Å². The highest BCUT2D eigenvalue weighted by molar-refractivity contribution is 5.74. The molecule has 0 saturated carbocycles. The average molecular weight is 330 g/mol. The molecule has 1 atom stereocenters. The Morgan fingerprint density at radius 3 is 2.83 bits per heavy atom. The number of nitrogens with one attached hydrogen (secondary N) is 1. The highest BCUT2D eigenvalue weighted by Gasteiger charge is 2.25. The lowest BCUT2D eigenvalue weighted by molar-refractivity contribution is -0.0497. The molecule has 7 heteroatoms. The number of aromatic amines is 1. The van der Waals surface area contributed by atoms with Gasteiger partial charge in [-0.3, -0.25) is 14.8 Å². The van der Waals surface area contributed by atoms with E-state index in [0.29, 0.717) is 6.10 Å². The van der Waals surface area contributed by atoms with E-state index in [1.165, 1.54) is 5.56 Å². The van der Waals surface area contributed by atoms with Crippen molar-refractivity contribution in [1.82, 2.24) is 29.7 Å². The summed E-state index contributed by atoms with van der Waals surface area (Å²) in [5.74, 6) is 0. The third kappa shape index (κ3) is 3.59. The number of hydrogen-bond donors (Lipinski definition) is 1. The molecular weight excluding hydrogens is 304 g/mol. The lowest BCUT2D eigenvalue weighted by Gasteiger charge is -2.38. The van der Waals surface area contributed by atoms with Gasteiger partial charge in [0.2, 0.25) is 0 Å². The molecule has 7 nitrogen and oxygen atoms in total. The van der Waals surface area contributed by atoms with E-state index < -0.39 is 0 Å². The van der Waals surface area contributed by atoms with Crippen molar-refractivity contribution in [3.8, 4) is 0 Å². The molecule has 1 N–H and O–H groups in total. The van der Waals surface area contributed by atoms with Crippen molar-refractivity contribution in [2.24, 2.45) is 0 Å². The summed E-state index contributed by atoms with van der Waals surface area (Å²) in [7, 11) is 2.19. The number of ether oxygens (including phenoxy) is 1. The number of aromatic nitrogens is 3. The summed E-state index contributed by atoms with van der Waals surface area (Å²) in [6.45, 7) is 9.33. The fourth-order valence-corrected chi connectivity index (χ4v) is 3.62. The van der Waals surface area contributed by atoms with Crippen LogP contribution in [-0.2, 0) is 11.3 Å². The van der Waals surface area contributed by atoms with Gasteiger partial charge in [0.05, 0.1) is 12.7 Å². The molecule has 2 aromatic rings. The molecule has 0 amide bonds. The van der Waals surface area contributed by atoms with Gasteiger partial charge in [-0.25, -0.2) is 4.98 Å². The number of hydrogen-bond acceptors (Lipinski definition) is 6. The van der Waals surface area contributed by atoms with E-state index in [2.05, 4.69) is 36.7 Å². The third-order valence-electron chi connectivity index (χ3n) is 5.06. The Balaban J connectivity index is 1.35. The number of nitrogens with zero attached hydrogens (tertiary/aromatic N) is 5. The summed E-state index contributed by atoms with van der Waals surface area (Å²) in [6, 6.07) is 0. The minimum atomic E-state index is 0.304. The van der Waals surface area contributed by atoms with Crippen LogP contribution in [0.3, 0.4) is 0 Å². The second-order valence-corrected chi connectivity index (χ2v) is 6.90. The van der Waals surface area contributed by atoms with Gasteiger partial charge in [0, 0.05) is 76.5 Å². The van der Waals surface area contributed by atoms with Gasteiger partial charge in [-0.2, -0.15) is 0 Å². The minimum absolute atomic E-state index is 0.304. The maximum atomic E-state index is 6.01. The summed E-state index contributed by atoms with van der Waals surface area (Å²) in [6.07, 6.45) is 5.83. The van der Waals surface area contributed by atoms with Crippen molar-refractivity contribution in [2.45, 2.75) is 12.6 Å². The van der Waals surface area contributed by atoms with E-state index in [1.54, 1.807) is 12.4 Å². The largest absolute Gasteiger partial charge is 0.374 e. The topological polar surface area (TPSA) is 60.5 Å². The average Bonchev–Trinajstić information content (AvgIpc) is 3.01. The summed E-state index contributed by atoms with van der Waals surface area (Å²) in [5.41, 5.74) is 3.08. The molecule has 2 aliphatic rings. The minimum Gasteiger partial charge on any atom is -0.374 e.